The SMILES string of the molecule is Cc1cc(C)c(B2c3ccccc3N3c4cc(-n5c6ccccc6c6ccccc65)ccc4[Si](c4ccccc4)(c4ccccc4)c4cccc2c43)c(C)c1. The lowest BCUT2D eigenvalue weighted by atomic mass is 9.34. The van der Waals surface area contributed by atoms with Crippen molar-refractivity contribution in [3.05, 3.63) is 199 Å². The van der Waals surface area contributed by atoms with Crippen LogP contribution in [0.1, 0.15) is 16.7 Å². The number of para-hydroxylation sites is 4. The van der Waals surface area contributed by atoms with E-state index < -0.39 is 8.07 Å². The molecule has 260 valence electrons. The van der Waals surface area contributed by atoms with E-state index in [1.54, 1.807) is 0 Å². The van der Waals surface area contributed by atoms with Gasteiger partial charge < -0.3 is 9.47 Å². The van der Waals surface area contributed by atoms with Crippen molar-refractivity contribution < 1.29 is 0 Å². The number of fused-ring (bicyclic) bond motifs is 7. The van der Waals surface area contributed by atoms with Crippen molar-refractivity contribution in [2.24, 2.45) is 0 Å². The summed E-state index contributed by atoms with van der Waals surface area (Å²) in [7, 11) is -2.89. The Labute approximate surface area is 324 Å². The molecular formula is C51H39BN2Si. The zero-order valence-corrected chi connectivity index (χ0v) is 32.3. The van der Waals surface area contributed by atoms with Gasteiger partial charge in [0.05, 0.1) is 11.0 Å². The van der Waals surface area contributed by atoms with Crippen LogP contribution in [0.4, 0.5) is 17.1 Å². The van der Waals surface area contributed by atoms with E-state index in [1.807, 2.05) is 0 Å². The van der Waals surface area contributed by atoms with Crippen LogP contribution in [0.2, 0.25) is 0 Å². The Morgan fingerprint density at radius 3 is 1.67 bits per heavy atom. The minimum absolute atomic E-state index is 0.100. The minimum Gasteiger partial charge on any atom is -0.312 e. The fourth-order valence-electron chi connectivity index (χ4n) is 10.4. The molecule has 2 aliphatic heterocycles. The van der Waals surface area contributed by atoms with Crippen molar-refractivity contribution in [2.75, 3.05) is 4.90 Å². The summed E-state index contributed by atoms with van der Waals surface area (Å²) in [6.07, 6.45) is 0. The first-order valence-electron chi connectivity index (χ1n) is 19.4. The molecule has 2 nitrogen and oxygen atoms in total. The second-order valence-corrected chi connectivity index (χ2v) is 19.2. The maximum Gasteiger partial charge on any atom is 0.247 e. The molecule has 0 radical (unpaired) electrons. The van der Waals surface area contributed by atoms with Gasteiger partial charge in [0.2, 0.25) is 6.71 Å². The minimum atomic E-state index is -2.89. The van der Waals surface area contributed by atoms with Gasteiger partial charge in [-0.2, -0.15) is 0 Å². The third kappa shape index (κ3) is 4.43. The van der Waals surface area contributed by atoms with E-state index in [-0.39, 0.29) is 6.71 Å². The molecule has 0 bridgehead atoms. The first-order chi connectivity index (χ1) is 27.1. The van der Waals surface area contributed by atoms with Crippen molar-refractivity contribution in [1.82, 2.24) is 4.57 Å². The van der Waals surface area contributed by atoms with Crippen LogP contribution < -0.4 is 42.0 Å². The monoisotopic (exact) mass is 718 g/mol. The molecule has 3 heterocycles. The van der Waals surface area contributed by atoms with E-state index in [0.717, 1.165) is 0 Å². The molecule has 0 aliphatic carbocycles. The Hall–Kier alpha value is -6.36. The van der Waals surface area contributed by atoms with Crippen LogP contribution in [-0.2, 0) is 0 Å². The zero-order valence-electron chi connectivity index (χ0n) is 31.3. The van der Waals surface area contributed by atoms with Gasteiger partial charge in [-0.25, -0.2) is 0 Å². The maximum atomic E-state index is 2.64. The molecular weight excluding hydrogens is 679 g/mol. The van der Waals surface area contributed by atoms with E-state index in [0.29, 0.717) is 0 Å². The number of anilines is 3. The molecule has 0 N–H and O–H groups in total. The Balaban J connectivity index is 1.30. The highest BCUT2D eigenvalue weighted by atomic mass is 28.3. The van der Waals surface area contributed by atoms with Crippen LogP contribution in [0.15, 0.2) is 182 Å². The molecule has 0 amide bonds. The van der Waals surface area contributed by atoms with Crippen LogP contribution in [0.5, 0.6) is 0 Å². The van der Waals surface area contributed by atoms with Gasteiger partial charge in [0, 0.05) is 33.5 Å². The number of benzene rings is 8. The predicted molar refractivity (Wildman–Crippen MR) is 238 cm³/mol. The smallest absolute Gasteiger partial charge is 0.247 e. The van der Waals surface area contributed by atoms with Crippen LogP contribution in [-0.4, -0.2) is 19.4 Å². The summed E-state index contributed by atoms with van der Waals surface area (Å²) in [6.45, 7) is 6.93. The molecule has 9 aromatic rings. The molecule has 0 atom stereocenters. The number of hydrogen-bond donors (Lipinski definition) is 0. The molecule has 8 aromatic carbocycles. The predicted octanol–water partition coefficient (Wildman–Crippen LogP) is 7.70. The summed E-state index contributed by atoms with van der Waals surface area (Å²) in [6, 6.07) is 69.0. The molecule has 0 unspecified atom stereocenters. The molecule has 0 saturated carbocycles. The number of nitrogens with zero attached hydrogens (tertiary/aromatic N) is 2. The highest BCUT2D eigenvalue weighted by molar-refractivity contribution is 7.22. The molecule has 4 heteroatoms. The van der Waals surface area contributed by atoms with Gasteiger partial charge >= 0.3 is 0 Å². The Morgan fingerprint density at radius 2 is 1.02 bits per heavy atom. The third-order valence-electron chi connectivity index (χ3n) is 12.4. The lowest BCUT2D eigenvalue weighted by Crippen LogP contribution is -2.78. The normalized spacial score (nSPS) is 13.8. The van der Waals surface area contributed by atoms with Gasteiger partial charge in [-0.15, -0.1) is 0 Å². The Morgan fingerprint density at radius 1 is 0.455 bits per heavy atom. The summed E-state index contributed by atoms with van der Waals surface area (Å²) >= 11 is 0. The number of aromatic nitrogens is 1. The van der Waals surface area contributed by atoms with Crippen molar-refractivity contribution in [3.63, 3.8) is 0 Å². The van der Waals surface area contributed by atoms with Gasteiger partial charge in [0.15, 0.2) is 8.07 Å². The van der Waals surface area contributed by atoms with Crippen molar-refractivity contribution in [2.45, 2.75) is 20.8 Å². The van der Waals surface area contributed by atoms with Gasteiger partial charge in [0.25, 0.3) is 0 Å². The first kappa shape index (κ1) is 32.1. The van der Waals surface area contributed by atoms with Gasteiger partial charge in [-0.05, 0) is 82.8 Å². The average molecular weight is 719 g/mol. The standard InChI is InChI=1S/C51H39BN2Si/c1-34-31-35(2)50(36(3)32-34)52-42-23-12-15-27-46(42)54-47-33-37(53-44-25-13-10-21-40(44)41-22-11-14-26-45(41)53)29-30-48(47)55(38-17-6-4-7-18-38,39-19-8-5-9-20-39)49-28-16-24-43(52)51(49)54/h4-33H,1-3H3. The van der Waals surface area contributed by atoms with Gasteiger partial charge in [0.1, 0.15) is 0 Å². The quantitative estimate of drug-likeness (QED) is 0.170. The summed E-state index contributed by atoms with van der Waals surface area (Å²) < 4.78 is 2.47. The maximum absolute atomic E-state index is 2.89. The van der Waals surface area contributed by atoms with Crippen molar-refractivity contribution >= 4 is 90.8 Å². The third-order valence-corrected chi connectivity index (χ3v) is 17.2. The van der Waals surface area contributed by atoms with Crippen LogP contribution in [0.25, 0.3) is 27.5 Å². The molecule has 55 heavy (non-hydrogen) atoms. The van der Waals surface area contributed by atoms with Crippen molar-refractivity contribution in [3.8, 4) is 5.69 Å². The van der Waals surface area contributed by atoms with Gasteiger partial charge in [-0.3, -0.25) is 0 Å². The highest BCUT2D eigenvalue weighted by Crippen LogP contribution is 2.41. The fourth-order valence-corrected chi connectivity index (χ4v) is 15.6. The van der Waals surface area contributed by atoms with Crippen LogP contribution >= 0.6 is 0 Å². The number of rotatable bonds is 4. The molecule has 1 aromatic heterocycles. The van der Waals surface area contributed by atoms with E-state index in [4.69, 9.17) is 0 Å². The van der Waals surface area contributed by atoms with E-state index in [2.05, 4.69) is 212 Å². The summed E-state index contributed by atoms with van der Waals surface area (Å²) in [5.74, 6) is 0. The molecule has 0 spiro atoms. The fraction of sp³-hybridized carbons (Fsp3) is 0.0588. The summed E-state index contributed by atoms with van der Waals surface area (Å²) in [4.78, 5) is 2.64. The van der Waals surface area contributed by atoms with E-state index in [9.17, 15) is 0 Å². The summed E-state index contributed by atoms with van der Waals surface area (Å²) in [5.41, 5.74) is 15.6. The Kier molecular flexibility index (Phi) is 7.05. The average Bonchev–Trinajstić information content (AvgIpc) is 3.56. The molecule has 0 fully saturated rings. The van der Waals surface area contributed by atoms with Crippen LogP contribution in [0, 0.1) is 20.8 Å². The second kappa shape index (κ2) is 12.1. The van der Waals surface area contributed by atoms with Gasteiger partial charge in [-0.1, -0.05) is 174 Å². The van der Waals surface area contributed by atoms with E-state index in [1.165, 1.54) is 98.4 Å². The lowest BCUT2D eigenvalue weighted by Gasteiger charge is -2.49. The molecule has 11 rings (SSSR count). The summed E-state index contributed by atoms with van der Waals surface area (Å²) in [5, 5.41) is 8.21. The first-order valence-corrected chi connectivity index (χ1v) is 21.4. The number of hydrogen-bond acceptors (Lipinski definition) is 1. The highest BCUT2D eigenvalue weighted by Gasteiger charge is 2.52. The van der Waals surface area contributed by atoms with E-state index >= 15 is 0 Å². The largest absolute Gasteiger partial charge is 0.312 e. The molecule has 2 aliphatic rings. The number of aryl methyl sites for hydroxylation is 3. The topological polar surface area (TPSA) is 8.17 Å². The lowest BCUT2D eigenvalue weighted by molar-refractivity contribution is 1.17. The van der Waals surface area contributed by atoms with Crippen molar-refractivity contribution in [1.29, 1.82) is 0 Å². The molecule has 0 saturated heterocycles. The van der Waals surface area contributed by atoms with Crippen LogP contribution in [0.3, 0.4) is 0 Å². The Bertz CT molecular complexity index is 2870. The second-order valence-electron chi connectivity index (χ2n) is 15.4. The zero-order chi connectivity index (χ0) is 36.8.